The van der Waals surface area contributed by atoms with Crippen LogP contribution in [0.25, 0.3) is 0 Å². The van der Waals surface area contributed by atoms with Crippen LogP contribution in [-0.4, -0.2) is 19.1 Å². The molecule has 5 nitrogen and oxygen atoms in total. The third-order valence-corrected chi connectivity index (χ3v) is 3.73. The molecule has 0 aliphatic carbocycles. The van der Waals surface area contributed by atoms with Gasteiger partial charge in [0.1, 0.15) is 5.75 Å². The van der Waals surface area contributed by atoms with E-state index < -0.39 is 6.61 Å². The molecule has 0 heterocycles. The third-order valence-electron chi connectivity index (χ3n) is 3.73. The number of hydrogen-bond donors (Lipinski definition) is 2. The molecule has 0 saturated heterocycles. The highest BCUT2D eigenvalue weighted by Gasteiger charge is 2.10. The van der Waals surface area contributed by atoms with E-state index in [1.807, 2.05) is 26.0 Å². The van der Waals surface area contributed by atoms with E-state index in [0.29, 0.717) is 36.7 Å². The van der Waals surface area contributed by atoms with E-state index >= 15 is 0 Å². The number of guanidine groups is 1. The minimum absolute atomic E-state index is 0. The molecule has 0 spiro atoms. The van der Waals surface area contributed by atoms with Crippen molar-refractivity contribution in [1.29, 1.82) is 5.26 Å². The van der Waals surface area contributed by atoms with Crippen LogP contribution in [0.15, 0.2) is 47.5 Å². The van der Waals surface area contributed by atoms with Crippen molar-refractivity contribution in [2.45, 2.75) is 33.5 Å². The molecule has 0 fully saturated rings. The summed E-state index contributed by atoms with van der Waals surface area (Å²) < 4.78 is 29.8. The highest BCUT2D eigenvalue weighted by atomic mass is 127. The van der Waals surface area contributed by atoms with Crippen LogP contribution in [0.5, 0.6) is 5.75 Å². The number of rotatable bonds is 7. The van der Waals surface area contributed by atoms with Crippen molar-refractivity contribution in [3.63, 3.8) is 0 Å². The van der Waals surface area contributed by atoms with Gasteiger partial charge in [-0.15, -0.1) is 24.0 Å². The fraction of sp³-hybridized carbons (Fsp3) is 0.300. The Morgan fingerprint density at radius 3 is 2.50 bits per heavy atom. The average molecular weight is 500 g/mol. The van der Waals surface area contributed by atoms with E-state index in [2.05, 4.69) is 26.4 Å². The Balaban J connectivity index is 0.00000392. The third kappa shape index (κ3) is 7.68. The molecular formula is C20H23F2IN4O. The number of halogens is 3. The zero-order chi connectivity index (χ0) is 19.6. The topological polar surface area (TPSA) is 69.4 Å². The number of nitrogens with zero attached hydrogens (tertiary/aromatic N) is 2. The van der Waals surface area contributed by atoms with Gasteiger partial charge < -0.3 is 15.4 Å². The van der Waals surface area contributed by atoms with Gasteiger partial charge in [-0.3, -0.25) is 0 Å². The number of benzene rings is 2. The van der Waals surface area contributed by atoms with Crippen molar-refractivity contribution >= 4 is 29.9 Å². The summed E-state index contributed by atoms with van der Waals surface area (Å²) in [5.41, 5.74) is 3.13. The Morgan fingerprint density at radius 1 is 1.18 bits per heavy atom. The van der Waals surface area contributed by atoms with Crippen molar-refractivity contribution in [2.75, 3.05) is 6.54 Å². The Kier molecular flexibility index (Phi) is 10.2. The van der Waals surface area contributed by atoms with Gasteiger partial charge in [-0.05, 0) is 37.6 Å². The molecule has 2 aromatic carbocycles. The van der Waals surface area contributed by atoms with E-state index in [1.54, 1.807) is 30.3 Å². The molecule has 0 amide bonds. The molecule has 2 N–H and O–H groups in total. The van der Waals surface area contributed by atoms with E-state index in [1.165, 1.54) is 0 Å². The summed E-state index contributed by atoms with van der Waals surface area (Å²) in [4.78, 5) is 4.49. The van der Waals surface area contributed by atoms with E-state index in [0.717, 1.165) is 11.1 Å². The summed E-state index contributed by atoms with van der Waals surface area (Å²) in [6.07, 6.45) is 0. The van der Waals surface area contributed by atoms with Gasteiger partial charge in [0.25, 0.3) is 0 Å². The molecule has 150 valence electrons. The molecule has 0 saturated carbocycles. The summed E-state index contributed by atoms with van der Waals surface area (Å²) in [7, 11) is 0. The first-order chi connectivity index (χ1) is 13.0. The fourth-order valence-corrected chi connectivity index (χ4v) is 2.43. The van der Waals surface area contributed by atoms with Crippen molar-refractivity contribution in [2.24, 2.45) is 4.99 Å². The maximum atomic E-state index is 12.6. The first kappa shape index (κ1) is 23.6. The molecule has 0 aliphatic heterocycles. The maximum absolute atomic E-state index is 12.6. The minimum Gasteiger partial charge on any atom is -0.434 e. The predicted molar refractivity (Wildman–Crippen MR) is 116 cm³/mol. The van der Waals surface area contributed by atoms with Gasteiger partial charge in [0.15, 0.2) is 5.96 Å². The average Bonchev–Trinajstić information content (AvgIpc) is 2.66. The second kappa shape index (κ2) is 12.1. The lowest BCUT2D eigenvalue weighted by atomic mass is 10.1. The van der Waals surface area contributed by atoms with E-state index in [-0.39, 0.29) is 29.7 Å². The molecule has 0 aromatic heterocycles. The Bertz CT molecular complexity index is 820. The van der Waals surface area contributed by atoms with Crippen LogP contribution in [0.4, 0.5) is 8.78 Å². The van der Waals surface area contributed by atoms with Crippen LogP contribution in [0.3, 0.4) is 0 Å². The van der Waals surface area contributed by atoms with Gasteiger partial charge in [0, 0.05) is 18.7 Å². The predicted octanol–water partition coefficient (Wildman–Crippen LogP) is 4.34. The second-order valence-electron chi connectivity index (χ2n) is 5.85. The number of nitrogens with one attached hydrogen (secondary N) is 2. The van der Waals surface area contributed by atoms with Crippen LogP contribution >= 0.6 is 24.0 Å². The SMILES string of the molecule is CCNC(=NCc1ccc(C#N)cc1)NCc1cc(C)ccc1OC(F)F.I. The van der Waals surface area contributed by atoms with Gasteiger partial charge in [0.05, 0.1) is 18.2 Å². The Labute approximate surface area is 180 Å². The van der Waals surface area contributed by atoms with Crippen LogP contribution < -0.4 is 15.4 Å². The summed E-state index contributed by atoms with van der Waals surface area (Å²) in [5.74, 6) is 0.706. The molecule has 0 atom stereocenters. The zero-order valence-corrected chi connectivity index (χ0v) is 18.0. The van der Waals surface area contributed by atoms with Gasteiger partial charge in [-0.1, -0.05) is 29.8 Å². The largest absolute Gasteiger partial charge is 0.434 e. The minimum atomic E-state index is -2.87. The molecule has 0 aliphatic rings. The summed E-state index contributed by atoms with van der Waals surface area (Å²) in [6, 6.07) is 14.3. The maximum Gasteiger partial charge on any atom is 0.387 e. The smallest absolute Gasteiger partial charge is 0.387 e. The second-order valence-corrected chi connectivity index (χ2v) is 5.85. The lowest BCUT2D eigenvalue weighted by Crippen LogP contribution is -2.36. The fourth-order valence-electron chi connectivity index (χ4n) is 2.43. The molecule has 0 radical (unpaired) electrons. The van der Waals surface area contributed by atoms with Crippen LogP contribution in [0.1, 0.15) is 29.2 Å². The summed E-state index contributed by atoms with van der Waals surface area (Å²) in [6.45, 7) is 2.34. The number of alkyl halides is 2. The van der Waals surface area contributed by atoms with Crippen molar-refractivity contribution in [3.8, 4) is 11.8 Å². The van der Waals surface area contributed by atoms with Crippen LogP contribution in [0.2, 0.25) is 0 Å². The first-order valence-electron chi connectivity index (χ1n) is 8.57. The van der Waals surface area contributed by atoms with Crippen molar-refractivity contribution in [3.05, 3.63) is 64.7 Å². The van der Waals surface area contributed by atoms with Gasteiger partial charge in [-0.2, -0.15) is 14.0 Å². The Morgan fingerprint density at radius 2 is 1.89 bits per heavy atom. The quantitative estimate of drug-likeness (QED) is 0.337. The summed E-state index contributed by atoms with van der Waals surface area (Å²) in [5, 5.41) is 15.1. The van der Waals surface area contributed by atoms with Crippen LogP contribution in [-0.2, 0) is 13.1 Å². The molecule has 28 heavy (non-hydrogen) atoms. The molecule has 0 unspecified atom stereocenters. The van der Waals surface area contributed by atoms with E-state index in [9.17, 15) is 8.78 Å². The number of hydrogen-bond acceptors (Lipinski definition) is 3. The standard InChI is InChI=1S/C20H22F2N4O.HI/c1-3-24-20(25-12-16-7-5-15(11-23)6-8-16)26-13-17-10-14(2)4-9-18(17)27-19(21)22;/h4-10,19H,3,12-13H2,1-2H3,(H2,24,25,26);1H. The number of aryl methyl sites for hydroxylation is 1. The van der Waals surface area contributed by atoms with Gasteiger partial charge in [0.2, 0.25) is 0 Å². The van der Waals surface area contributed by atoms with Crippen molar-refractivity contribution < 1.29 is 13.5 Å². The highest BCUT2D eigenvalue weighted by Crippen LogP contribution is 2.22. The van der Waals surface area contributed by atoms with Crippen molar-refractivity contribution in [1.82, 2.24) is 10.6 Å². The first-order valence-corrected chi connectivity index (χ1v) is 8.57. The molecular weight excluding hydrogens is 477 g/mol. The zero-order valence-electron chi connectivity index (χ0n) is 15.7. The van der Waals surface area contributed by atoms with Gasteiger partial charge in [-0.25, -0.2) is 4.99 Å². The van der Waals surface area contributed by atoms with E-state index in [4.69, 9.17) is 5.26 Å². The molecule has 2 rings (SSSR count). The highest BCUT2D eigenvalue weighted by molar-refractivity contribution is 14.0. The normalized spacial score (nSPS) is 10.8. The lowest BCUT2D eigenvalue weighted by Gasteiger charge is -2.15. The monoisotopic (exact) mass is 500 g/mol. The van der Waals surface area contributed by atoms with Gasteiger partial charge >= 0.3 is 6.61 Å². The lowest BCUT2D eigenvalue weighted by molar-refractivity contribution is -0.0504. The molecule has 2 aromatic rings. The number of nitriles is 1. The van der Waals surface area contributed by atoms with Crippen LogP contribution in [0, 0.1) is 18.3 Å². The summed E-state index contributed by atoms with van der Waals surface area (Å²) >= 11 is 0. The number of ether oxygens (including phenoxy) is 1. The molecule has 0 bridgehead atoms. The Hall–Kier alpha value is -2.41. The molecule has 8 heteroatoms. The number of aliphatic imine (C=N–C) groups is 1.